The summed E-state index contributed by atoms with van der Waals surface area (Å²) < 4.78 is 0. The number of carbonyl (C=O) groups is 1. The number of thiophene rings is 1. The minimum Gasteiger partial charge on any atom is -0.317 e. The Hall–Kier alpha value is -0.870. The standard InChI is InChI=1S/C16H26N2OS/c1-6-8-12-15(19)18(11(2)16(3,4)5)14(17-12)13-9-7-10-20-13/h7,9-12,14,17H,6,8H2,1-5H3. The number of hydrogen-bond donors (Lipinski definition) is 1. The Morgan fingerprint density at radius 1 is 1.45 bits per heavy atom. The molecule has 1 N–H and O–H groups in total. The van der Waals surface area contributed by atoms with Crippen molar-refractivity contribution in [3.05, 3.63) is 22.4 Å². The molecule has 1 aromatic heterocycles. The smallest absolute Gasteiger partial charge is 0.241 e. The van der Waals surface area contributed by atoms with Gasteiger partial charge in [-0.3, -0.25) is 10.1 Å². The summed E-state index contributed by atoms with van der Waals surface area (Å²) >= 11 is 1.72. The van der Waals surface area contributed by atoms with E-state index in [-0.39, 0.29) is 29.6 Å². The van der Waals surface area contributed by atoms with Gasteiger partial charge in [0.05, 0.1) is 6.04 Å². The van der Waals surface area contributed by atoms with Crippen LogP contribution in [0.15, 0.2) is 17.5 Å². The Balaban J connectivity index is 2.30. The molecule has 1 amide bonds. The number of nitrogens with zero attached hydrogens (tertiary/aromatic N) is 1. The zero-order chi connectivity index (χ0) is 14.9. The van der Waals surface area contributed by atoms with E-state index in [0.717, 1.165) is 12.8 Å². The molecule has 2 heterocycles. The molecular weight excluding hydrogens is 268 g/mol. The normalized spacial score (nSPS) is 25.2. The highest BCUT2D eigenvalue weighted by atomic mass is 32.1. The van der Waals surface area contributed by atoms with Gasteiger partial charge in [0.2, 0.25) is 5.91 Å². The van der Waals surface area contributed by atoms with Gasteiger partial charge in [-0.2, -0.15) is 0 Å². The highest BCUT2D eigenvalue weighted by molar-refractivity contribution is 7.10. The summed E-state index contributed by atoms with van der Waals surface area (Å²) in [6, 6.07) is 4.35. The Morgan fingerprint density at radius 3 is 2.65 bits per heavy atom. The van der Waals surface area contributed by atoms with Crippen LogP contribution in [0.4, 0.5) is 0 Å². The van der Waals surface area contributed by atoms with E-state index < -0.39 is 0 Å². The third-order valence-corrected chi connectivity index (χ3v) is 5.18. The van der Waals surface area contributed by atoms with Crippen LogP contribution in [0.2, 0.25) is 0 Å². The van der Waals surface area contributed by atoms with Crippen LogP contribution >= 0.6 is 11.3 Å². The van der Waals surface area contributed by atoms with Crippen LogP contribution in [0, 0.1) is 5.41 Å². The van der Waals surface area contributed by atoms with Gasteiger partial charge < -0.3 is 4.90 Å². The van der Waals surface area contributed by atoms with E-state index >= 15 is 0 Å². The van der Waals surface area contributed by atoms with Gasteiger partial charge in [0, 0.05) is 10.9 Å². The first kappa shape index (κ1) is 15.5. The number of nitrogens with one attached hydrogen (secondary N) is 1. The zero-order valence-corrected chi connectivity index (χ0v) is 14.0. The van der Waals surface area contributed by atoms with Crippen LogP contribution in [-0.2, 0) is 4.79 Å². The van der Waals surface area contributed by atoms with Crippen molar-refractivity contribution in [1.82, 2.24) is 10.2 Å². The van der Waals surface area contributed by atoms with E-state index in [1.165, 1.54) is 4.88 Å². The first-order chi connectivity index (χ1) is 9.36. The van der Waals surface area contributed by atoms with Crippen LogP contribution in [-0.4, -0.2) is 22.9 Å². The second-order valence-corrected chi connectivity index (χ2v) is 7.69. The topological polar surface area (TPSA) is 32.3 Å². The minimum absolute atomic E-state index is 0.0306. The maximum atomic E-state index is 12.8. The molecule has 3 atom stereocenters. The molecule has 0 spiro atoms. The maximum Gasteiger partial charge on any atom is 0.241 e. The van der Waals surface area contributed by atoms with Crippen molar-refractivity contribution in [3.63, 3.8) is 0 Å². The largest absolute Gasteiger partial charge is 0.317 e. The van der Waals surface area contributed by atoms with Gasteiger partial charge in [-0.1, -0.05) is 40.2 Å². The molecular formula is C16H26N2OS. The molecule has 4 heteroatoms. The molecule has 1 aromatic rings. The lowest BCUT2D eigenvalue weighted by molar-refractivity contribution is -0.134. The molecule has 0 radical (unpaired) electrons. The lowest BCUT2D eigenvalue weighted by Gasteiger charge is -2.38. The summed E-state index contributed by atoms with van der Waals surface area (Å²) in [5.41, 5.74) is 0.0773. The highest BCUT2D eigenvalue weighted by Gasteiger charge is 2.44. The quantitative estimate of drug-likeness (QED) is 0.916. The molecule has 112 valence electrons. The minimum atomic E-state index is -0.0306. The van der Waals surface area contributed by atoms with Gasteiger partial charge in [0.1, 0.15) is 6.17 Å². The number of hydrogen-bond acceptors (Lipinski definition) is 3. The molecule has 1 fully saturated rings. The van der Waals surface area contributed by atoms with E-state index in [4.69, 9.17) is 0 Å². The zero-order valence-electron chi connectivity index (χ0n) is 13.1. The summed E-state index contributed by atoms with van der Waals surface area (Å²) in [4.78, 5) is 16.0. The van der Waals surface area contributed by atoms with Crippen LogP contribution in [0.5, 0.6) is 0 Å². The Kier molecular flexibility index (Phi) is 4.55. The molecule has 0 aromatic carbocycles. The van der Waals surface area contributed by atoms with E-state index in [9.17, 15) is 4.79 Å². The lowest BCUT2D eigenvalue weighted by Crippen LogP contribution is -2.45. The van der Waals surface area contributed by atoms with Crippen molar-refractivity contribution in [2.45, 2.75) is 65.7 Å². The fourth-order valence-electron chi connectivity index (χ4n) is 2.64. The van der Waals surface area contributed by atoms with Gasteiger partial charge in [-0.15, -0.1) is 11.3 Å². The van der Waals surface area contributed by atoms with Gasteiger partial charge in [0.15, 0.2) is 0 Å². The molecule has 1 saturated heterocycles. The molecule has 3 nitrogen and oxygen atoms in total. The molecule has 20 heavy (non-hydrogen) atoms. The van der Waals surface area contributed by atoms with Gasteiger partial charge in [-0.05, 0) is 30.2 Å². The number of rotatable bonds is 4. The molecule has 1 aliphatic heterocycles. The van der Waals surface area contributed by atoms with Crippen LogP contribution in [0.25, 0.3) is 0 Å². The Labute approximate surface area is 126 Å². The van der Waals surface area contributed by atoms with Gasteiger partial charge in [-0.25, -0.2) is 0 Å². The first-order valence-electron chi connectivity index (χ1n) is 7.48. The van der Waals surface area contributed by atoms with Gasteiger partial charge in [0.25, 0.3) is 0 Å². The Morgan fingerprint density at radius 2 is 2.15 bits per heavy atom. The fraction of sp³-hybridized carbons (Fsp3) is 0.688. The van der Waals surface area contributed by atoms with Crippen molar-refractivity contribution in [3.8, 4) is 0 Å². The number of amides is 1. The summed E-state index contributed by atoms with van der Waals surface area (Å²) in [7, 11) is 0. The average molecular weight is 294 g/mol. The van der Waals surface area contributed by atoms with Crippen LogP contribution in [0.3, 0.4) is 0 Å². The van der Waals surface area contributed by atoms with E-state index in [1.807, 2.05) is 0 Å². The van der Waals surface area contributed by atoms with Crippen LogP contribution < -0.4 is 5.32 Å². The molecule has 2 rings (SSSR count). The second-order valence-electron chi connectivity index (χ2n) is 6.71. The summed E-state index contributed by atoms with van der Waals surface area (Å²) in [6.07, 6.45) is 1.97. The van der Waals surface area contributed by atoms with Crippen LogP contribution in [0.1, 0.15) is 58.5 Å². The molecule has 1 aliphatic rings. The molecule has 0 aliphatic carbocycles. The predicted molar refractivity (Wildman–Crippen MR) is 84.7 cm³/mol. The van der Waals surface area contributed by atoms with E-state index in [0.29, 0.717) is 0 Å². The average Bonchev–Trinajstić information content (AvgIpc) is 2.97. The van der Waals surface area contributed by atoms with Crippen molar-refractivity contribution >= 4 is 17.2 Å². The Bertz CT molecular complexity index is 450. The van der Waals surface area contributed by atoms with Gasteiger partial charge >= 0.3 is 0 Å². The summed E-state index contributed by atoms with van der Waals surface area (Å²) in [5.74, 6) is 0.257. The highest BCUT2D eigenvalue weighted by Crippen LogP contribution is 2.36. The van der Waals surface area contributed by atoms with Crippen molar-refractivity contribution in [2.75, 3.05) is 0 Å². The molecule has 0 bridgehead atoms. The molecule has 3 unspecified atom stereocenters. The van der Waals surface area contributed by atoms with Crippen molar-refractivity contribution < 1.29 is 4.79 Å². The maximum absolute atomic E-state index is 12.8. The SMILES string of the molecule is CCCC1NC(c2cccs2)N(C(C)C(C)(C)C)C1=O. The molecule has 0 saturated carbocycles. The van der Waals surface area contributed by atoms with E-state index in [2.05, 4.69) is 62.3 Å². The van der Waals surface area contributed by atoms with E-state index in [1.54, 1.807) is 11.3 Å². The third-order valence-electron chi connectivity index (χ3n) is 4.25. The third kappa shape index (κ3) is 2.91. The number of carbonyl (C=O) groups excluding carboxylic acids is 1. The first-order valence-corrected chi connectivity index (χ1v) is 8.36. The predicted octanol–water partition coefficient (Wildman–Crippen LogP) is 3.78. The fourth-order valence-corrected chi connectivity index (χ4v) is 3.42. The van der Waals surface area contributed by atoms with Crippen molar-refractivity contribution in [1.29, 1.82) is 0 Å². The summed E-state index contributed by atoms with van der Waals surface area (Å²) in [5, 5.41) is 5.61. The second kappa shape index (κ2) is 5.86. The lowest BCUT2D eigenvalue weighted by atomic mass is 9.86. The monoisotopic (exact) mass is 294 g/mol. The van der Waals surface area contributed by atoms with Crippen molar-refractivity contribution in [2.24, 2.45) is 5.41 Å². The summed E-state index contributed by atoms with van der Waals surface area (Å²) in [6.45, 7) is 10.9.